The molecule has 0 fully saturated rings. The number of aromatic nitrogens is 1. The first kappa shape index (κ1) is 17.8. The van der Waals surface area contributed by atoms with Crippen molar-refractivity contribution in [3.8, 4) is 0 Å². The number of hydrogen-bond donors (Lipinski definition) is 2. The Morgan fingerprint density at radius 3 is 2.89 bits per heavy atom. The molecule has 18 heavy (non-hydrogen) atoms. The second-order valence-electron chi connectivity index (χ2n) is 3.67. The molecule has 97 valence electrons. The predicted molar refractivity (Wildman–Crippen MR) is 69.5 cm³/mol. The summed E-state index contributed by atoms with van der Waals surface area (Å²) >= 11 is 1.42. The number of hydroxylamine groups is 1. The fourth-order valence-corrected chi connectivity index (χ4v) is 1.66. The number of hydrogen-bond acceptors (Lipinski definition) is 4. The molecule has 0 saturated carbocycles. The number of aliphatic imine (C=N–C) groups is 1. The van der Waals surface area contributed by atoms with Crippen LogP contribution in [0.3, 0.4) is 0 Å². The van der Waals surface area contributed by atoms with E-state index in [1.165, 1.54) is 11.3 Å². The van der Waals surface area contributed by atoms with Crippen molar-refractivity contribution in [3.63, 3.8) is 0 Å². The standard InChI is InChI=1S/C10H16N5OS.Y/c1-6(2)16-13-4-9-15-8(5-17-9)10(12)14-7(3)11;/h5-6H,4H2,1-3H3,(H3,11,12,14);/q-1;. The molecule has 0 spiro atoms. The van der Waals surface area contributed by atoms with Crippen LogP contribution in [0.15, 0.2) is 10.4 Å². The van der Waals surface area contributed by atoms with Gasteiger partial charge in [-0.25, -0.2) is 9.98 Å². The van der Waals surface area contributed by atoms with Gasteiger partial charge < -0.3 is 16.1 Å². The van der Waals surface area contributed by atoms with E-state index in [4.69, 9.17) is 16.0 Å². The number of rotatable bonds is 5. The minimum absolute atomic E-state index is 0. The number of nitrogens with zero attached hydrogens (tertiary/aromatic N) is 3. The van der Waals surface area contributed by atoms with Gasteiger partial charge in [0.2, 0.25) is 0 Å². The van der Waals surface area contributed by atoms with Gasteiger partial charge in [-0.2, -0.15) is 0 Å². The Labute approximate surface area is 136 Å². The van der Waals surface area contributed by atoms with Crippen LogP contribution in [0.2, 0.25) is 0 Å². The zero-order valence-electron chi connectivity index (χ0n) is 10.7. The molecule has 0 amide bonds. The van der Waals surface area contributed by atoms with Crippen LogP contribution < -0.4 is 5.73 Å². The first-order valence-electron chi connectivity index (χ1n) is 5.15. The van der Waals surface area contributed by atoms with E-state index in [2.05, 4.69) is 15.5 Å². The average molecular weight is 343 g/mol. The molecule has 0 atom stereocenters. The maximum Gasteiger partial charge on any atom is 0.173 e. The first-order chi connectivity index (χ1) is 7.99. The van der Waals surface area contributed by atoms with Crippen LogP contribution in [0.1, 0.15) is 31.5 Å². The van der Waals surface area contributed by atoms with Gasteiger partial charge in [0.25, 0.3) is 0 Å². The molecule has 1 radical (unpaired) electrons. The number of nitrogens with one attached hydrogen (secondary N) is 1. The van der Waals surface area contributed by atoms with E-state index >= 15 is 0 Å². The minimum atomic E-state index is 0. The molecule has 0 aliphatic heterocycles. The quantitative estimate of drug-likeness (QED) is 0.486. The maximum atomic E-state index is 7.63. The van der Waals surface area contributed by atoms with Crippen LogP contribution in [0.25, 0.3) is 5.48 Å². The monoisotopic (exact) mass is 343 g/mol. The zero-order valence-corrected chi connectivity index (χ0v) is 14.3. The molecular formula is C10H16N5OSY-. The molecule has 0 bridgehead atoms. The molecule has 1 aromatic heterocycles. The molecule has 0 aliphatic carbocycles. The first-order valence-corrected chi connectivity index (χ1v) is 6.03. The average Bonchev–Trinajstić information content (AvgIpc) is 2.64. The Morgan fingerprint density at radius 1 is 1.67 bits per heavy atom. The van der Waals surface area contributed by atoms with E-state index in [-0.39, 0.29) is 44.6 Å². The van der Waals surface area contributed by atoms with E-state index in [1.54, 1.807) is 12.3 Å². The maximum absolute atomic E-state index is 7.63. The second kappa shape index (κ2) is 8.82. The van der Waals surface area contributed by atoms with Gasteiger partial charge in [-0.3, -0.25) is 5.41 Å². The smallest absolute Gasteiger partial charge is 0.173 e. The Hall–Kier alpha value is -0.206. The Balaban J connectivity index is 0.00000289. The Kier molecular flexibility index (Phi) is 8.72. The summed E-state index contributed by atoms with van der Waals surface area (Å²) < 4.78 is 0. The van der Waals surface area contributed by atoms with Gasteiger partial charge in [0.1, 0.15) is 5.69 Å². The van der Waals surface area contributed by atoms with Crippen LogP contribution >= 0.6 is 11.3 Å². The SMILES string of the molecule is CC(N)=NC(=N)c1csc(C[N-]OC(C)C)n1.[Y]. The third-order valence-corrected chi connectivity index (χ3v) is 2.40. The van der Waals surface area contributed by atoms with Crippen molar-refractivity contribution < 1.29 is 37.5 Å². The fraction of sp³-hybridized carbons (Fsp3) is 0.500. The summed E-state index contributed by atoms with van der Waals surface area (Å²) in [5, 5.41) is 10.2. The Bertz CT molecular complexity index is 414. The summed E-state index contributed by atoms with van der Waals surface area (Å²) in [6.07, 6.45) is 0.0669. The molecule has 1 rings (SSSR count). The van der Waals surface area contributed by atoms with E-state index in [1.807, 2.05) is 13.8 Å². The molecule has 1 heterocycles. The molecular weight excluding hydrogens is 327 g/mol. The van der Waals surface area contributed by atoms with Crippen molar-refractivity contribution in [1.29, 1.82) is 5.41 Å². The number of thiazole rings is 1. The van der Waals surface area contributed by atoms with E-state index in [0.717, 1.165) is 5.01 Å². The van der Waals surface area contributed by atoms with Gasteiger partial charge >= 0.3 is 0 Å². The predicted octanol–water partition coefficient (Wildman–Crippen LogP) is 2.06. The van der Waals surface area contributed by atoms with Crippen molar-refractivity contribution in [3.05, 3.63) is 21.6 Å². The van der Waals surface area contributed by atoms with Gasteiger partial charge in [-0.1, -0.05) is 6.54 Å². The van der Waals surface area contributed by atoms with Crippen molar-refractivity contribution >= 4 is 23.0 Å². The summed E-state index contributed by atoms with van der Waals surface area (Å²) in [4.78, 5) is 13.1. The van der Waals surface area contributed by atoms with Crippen molar-refractivity contribution in [2.45, 2.75) is 33.4 Å². The molecule has 0 aromatic carbocycles. The molecule has 8 heteroatoms. The van der Waals surface area contributed by atoms with Crippen molar-refractivity contribution in [2.24, 2.45) is 10.7 Å². The largest absolute Gasteiger partial charge is 0.528 e. The minimum Gasteiger partial charge on any atom is -0.528 e. The van der Waals surface area contributed by atoms with Crippen LogP contribution in [-0.2, 0) is 44.1 Å². The normalized spacial score (nSPS) is 11.4. The van der Waals surface area contributed by atoms with Crippen LogP contribution in [0, 0.1) is 5.41 Å². The van der Waals surface area contributed by atoms with E-state index in [9.17, 15) is 0 Å². The van der Waals surface area contributed by atoms with Crippen LogP contribution in [-0.4, -0.2) is 22.8 Å². The Morgan fingerprint density at radius 2 is 2.33 bits per heavy atom. The van der Waals surface area contributed by atoms with Gasteiger partial charge in [-0.15, -0.1) is 11.3 Å². The summed E-state index contributed by atoms with van der Waals surface area (Å²) in [5.74, 6) is 0.412. The van der Waals surface area contributed by atoms with Gasteiger partial charge in [0.05, 0.1) is 10.8 Å². The van der Waals surface area contributed by atoms with Gasteiger partial charge in [0, 0.05) is 44.2 Å². The number of nitrogens with two attached hydrogens (primary N) is 1. The molecule has 3 N–H and O–H groups in total. The molecule has 0 saturated heterocycles. The van der Waals surface area contributed by atoms with E-state index < -0.39 is 0 Å². The fourth-order valence-electron chi connectivity index (χ4n) is 0.967. The summed E-state index contributed by atoms with van der Waals surface area (Å²) in [7, 11) is 0. The molecule has 0 aliphatic rings. The van der Waals surface area contributed by atoms with E-state index in [0.29, 0.717) is 18.1 Å². The third kappa shape index (κ3) is 6.65. The molecule has 6 nitrogen and oxygen atoms in total. The second-order valence-corrected chi connectivity index (χ2v) is 4.61. The van der Waals surface area contributed by atoms with Gasteiger partial charge in [-0.05, 0) is 20.8 Å². The topological polar surface area (TPSA) is 98.5 Å². The van der Waals surface area contributed by atoms with Crippen molar-refractivity contribution in [1.82, 2.24) is 4.98 Å². The van der Waals surface area contributed by atoms with Crippen molar-refractivity contribution in [2.75, 3.05) is 0 Å². The molecule has 1 aromatic rings. The van der Waals surface area contributed by atoms with Crippen LogP contribution in [0.4, 0.5) is 0 Å². The zero-order chi connectivity index (χ0) is 12.8. The number of amidine groups is 2. The van der Waals surface area contributed by atoms with Gasteiger partial charge in [0.15, 0.2) is 5.84 Å². The van der Waals surface area contributed by atoms with Crippen LogP contribution in [0.5, 0.6) is 0 Å². The third-order valence-electron chi connectivity index (χ3n) is 1.57. The summed E-state index contributed by atoms with van der Waals surface area (Å²) in [6, 6.07) is 0. The summed E-state index contributed by atoms with van der Waals surface area (Å²) in [6.45, 7) is 5.84. The summed E-state index contributed by atoms with van der Waals surface area (Å²) in [5.41, 5.74) is 9.80. The molecule has 0 unspecified atom stereocenters.